The summed E-state index contributed by atoms with van der Waals surface area (Å²) in [4.78, 5) is 24.5. The number of amides is 1. The minimum Gasteiger partial charge on any atom is -0.494 e. The average Bonchev–Trinajstić information content (AvgIpc) is 2.62. The van der Waals surface area contributed by atoms with Crippen LogP contribution in [0.3, 0.4) is 0 Å². The van der Waals surface area contributed by atoms with Gasteiger partial charge in [-0.15, -0.1) is 0 Å². The third-order valence-electron chi connectivity index (χ3n) is 3.90. The highest BCUT2D eigenvalue weighted by Crippen LogP contribution is 2.18. The van der Waals surface area contributed by atoms with E-state index in [2.05, 4.69) is 5.32 Å². The highest BCUT2D eigenvalue weighted by atomic mass is 16.5. The zero-order valence-electron chi connectivity index (χ0n) is 14.1. The van der Waals surface area contributed by atoms with Crippen LogP contribution in [0.4, 0.5) is 0 Å². The number of ether oxygens (including phenoxy) is 1. The number of nitrogens with one attached hydrogen (secondary N) is 1. The Bertz CT molecular complexity index is 944. The molecule has 5 nitrogen and oxygen atoms in total. The molecule has 128 valence electrons. The Balaban J connectivity index is 1.78. The van der Waals surface area contributed by atoms with Gasteiger partial charge in [0.15, 0.2) is 11.2 Å². The van der Waals surface area contributed by atoms with Crippen molar-refractivity contribution in [2.75, 3.05) is 6.61 Å². The molecule has 1 unspecified atom stereocenters. The molecule has 0 radical (unpaired) electrons. The first-order valence-corrected chi connectivity index (χ1v) is 8.15. The largest absolute Gasteiger partial charge is 0.494 e. The van der Waals surface area contributed by atoms with Gasteiger partial charge in [0.25, 0.3) is 5.91 Å². The van der Waals surface area contributed by atoms with E-state index in [1.54, 1.807) is 24.3 Å². The average molecular weight is 337 g/mol. The summed E-state index contributed by atoms with van der Waals surface area (Å²) in [7, 11) is 0. The first-order chi connectivity index (χ1) is 12.1. The van der Waals surface area contributed by atoms with Gasteiger partial charge in [0, 0.05) is 6.07 Å². The predicted octanol–water partition coefficient (Wildman–Crippen LogP) is 3.68. The normalized spacial score (nSPS) is 11.9. The molecule has 0 fully saturated rings. The van der Waals surface area contributed by atoms with Crippen LogP contribution in [0, 0.1) is 0 Å². The van der Waals surface area contributed by atoms with Gasteiger partial charge < -0.3 is 14.5 Å². The van der Waals surface area contributed by atoms with Gasteiger partial charge >= 0.3 is 0 Å². The molecule has 3 aromatic rings. The summed E-state index contributed by atoms with van der Waals surface area (Å²) in [5.74, 6) is 0.357. The van der Waals surface area contributed by atoms with Gasteiger partial charge in [-0.1, -0.05) is 24.3 Å². The summed E-state index contributed by atoms with van der Waals surface area (Å²) >= 11 is 0. The summed E-state index contributed by atoms with van der Waals surface area (Å²) < 4.78 is 11.0. The van der Waals surface area contributed by atoms with Crippen molar-refractivity contribution in [1.82, 2.24) is 5.32 Å². The smallest absolute Gasteiger partial charge is 0.287 e. The van der Waals surface area contributed by atoms with Crippen LogP contribution in [-0.4, -0.2) is 12.5 Å². The molecule has 2 aromatic carbocycles. The van der Waals surface area contributed by atoms with Crippen LogP contribution < -0.4 is 15.5 Å². The van der Waals surface area contributed by atoms with Gasteiger partial charge in [0.1, 0.15) is 11.3 Å². The Morgan fingerprint density at radius 3 is 2.60 bits per heavy atom. The molecule has 1 aromatic heterocycles. The van der Waals surface area contributed by atoms with Gasteiger partial charge in [-0.05, 0) is 43.7 Å². The van der Waals surface area contributed by atoms with Crippen LogP contribution in [0.2, 0.25) is 0 Å². The van der Waals surface area contributed by atoms with Crippen molar-refractivity contribution in [3.8, 4) is 5.75 Å². The van der Waals surface area contributed by atoms with Crippen molar-refractivity contribution in [1.29, 1.82) is 0 Å². The van der Waals surface area contributed by atoms with Crippen molar-refractivity contribution in [3.63, 3.8) is 0 Å². The quantitative estimate of drug-likeness (QED) is 0.771. The molecule has 0 aliphatic carbocycles. The molecular weight excluding hydrogens is 318 g/mol. The van der Waals surface area contributed by atoms with Crippen LogP contribution in [-0.2, 0) is 0 Å². The topological polar surface area (TPSA) is 68.5 Å². The zero-order chi connectivity index (χ0) is 17.8. The number of fused-ring (bicyclic) bond motifs is 1. The fourth-order valence-corrected chi connectivity index (χ4v) is 2.59. The van der Waals surface area contributed by atoms with Crippen LogP contribution in [0.15, 0.2) is 63.8 Å². The third kappa shape index (κ3) is 3.71. The standard InChI is InChI=1S/C20H19NO4/c1-3-24-15-10-8-14(9-11-15)13(2)21-20(23)19-12-17(22)16-6-4-5-7-18(16)25-19/h4-13H,3H2,1-2H3,(H,21,23). The lowest BCUT2D eigenvalue weighted by Crippen LogP contribution is -2.27. The molecule has 0 saturated carbocycles. The molecule has 25 heavy (non-hydrogen) atoms. The molecule has 0 aliphatic rings. The molecule has 0 aliphatic heterocycles. The van der Waals surface area contributed by atoms with E-state index in [9.17, 15) is 9.59 Å². The third-order valence-corrected chi connectivity index (χ3v) is 3.90. The zero-order valence-corrected chi connectivity index (χ0v) is 14.1. The Labute approximate surface area is 145 Å². The summed E-state index contributed by atoms with van der Waals surface area (Å²) in [6, 6.07) is 15.4. The fourth-order valence-electron chi connectivity index (χ4n) is 2.59. The highest BCUT2D eigenvalue weighted by Gasteiger charge is 2.15. The van der Waals surface area contributed by atoms with Crippen molar-refractivity contribution in [2.45, 2.75) is 19.9 Å². The molecule has 0 saturated heterocycles. The maximum atomic E-state index is 12.4. The van der Waals surface area contributed by atoms with Crippen molar-refractivity contribution in [2.24, 2.45) is 0 Å². The molecule has 3 rings (SSSR count). The van der Waals surface area contributed by atoms with Gasteiger partial charge in [0.05, 0.1) is 18.0 Å². The van der Waals surface area contributed by atoms with Crippen molar-refractivity contribution in [3.05, 3.63) is 76.1 Å². The summed E-state index contributed by atoms with van der Waals surface area (Å²) in [5.41, 5.74) is 1.09. The van der Waals surface area contributed by atoms with E-state index in [1.807, 2.05) is 38.1 Å². The molecule has 0 bridgehead atoms. The monoisotopic (exact) mass is 337 g/mol. The summed E-state index contributed by atoms with van der Waals surface area (Å²) in [5, 5.41) is 3.30. The first-order valence-electron chi connectivity index (χ1n) is 8.15. The SMILES string of the molecule is CCOc1ccc(C(C)NC(=O)c2cc(=O)c3ccccc3o2)cc1. The molecule has 1 heterocycles. The van der Waals surface area contributed by atoms with Crippen LogP contribution in [0.25, 0.3) is 11.0 Å². The van der Waals surface area contributed by atoms with Gasteiger partial charge in [0.2, 0.25) is 0 Å². The van der Waals surface area contributed by atoms with E-state index in [0.717, 1.165) is 11.3 Å². The Hall–Kier alpha value is -3.08. The first kappa shape index (κ1) is 16.8. The number of carbonyl (C=O) groups is 1. The second-order valence-electron chi connectivity index (χ2n) is 5.67. The number of rotatable bonds is 5. The lowest BCUT2D eigenvalue weighted by molar-refractivity contribution is 0.0912. The number of carbonyl (C=O) groups excluding carboxylic acids is 1. The van der Waals surface area contributed by atoms with Gasteiger partial charge in [-0.2, -0.15) is 0 Å². The number of para-hydroxylation sites is 1. The van der Waals surface area contributed by atoms with Gasteiger partial charge in [-0.3, -0.25) is 9.59 Å². The van der Waals surface area contributed by atoms with Crippen LogP contribution >= 0.6 is 0 Å². The van der Waals surface area contributed by atoms with E-state index in [-0.39, 0.29) is 17.2 Å². The van der Waals surface area contributed by atoms with Crippen LogP contribution in [0.5, 0.6) is 5.75 Å². The summed E-state index contributed by atoms with van der Waals surface area (Å²) in [6.45, 7) is 4.40. The minimum absolute atomic E-state index is 0.00138. The van der Waals surface area contributed by atoms with Crippen LogP contribution in [0.1, 0.15) is 36.0 Å². The number of benzene rings is 2. The number of hydrogen-bond donors (Lipinski definition) is 1. The predicted molar refractivity (Wildman–Crippen MR) is 96.0 cm³/mol. The maximum absolute atomic E-state index is 12.4. The minimum atomic E-state index is -0.427. The molecule has 1 N–H and O–H groups in total. The van der Waals surface area contributed by atoms with E-state index in [0.29, 0.717) is 17.6 Å². The Morgan fingerprint density at radius 1 is 1.16 bits per heavy atom. The molecule has 1 atom stereocenters. The second kappa shape index (κ2) is 7.21. The number of hydrogen-bond acceptors (Lipinski definition) is 4. The lowest BCUT2D eigenvalue weighted by Gasteiger charge is -2.14. The molecule has 5 heteroatoms. The van der Waals surface area contributed by atoms with E-state index < -0.39 is 5.91 Å². The van der Waals surface area contributed by atoms with Crippen molar-refractivity contribution >= 4 is 16.9 Å². The molecular formula is C20H19NO4. The van der Waals surface area contributed by atoms with Gasteiger partial charge in [-0.25, -0.2) is 0 Å². The van der Waals surface area contributed by atoms with E-state index in [1.165, 1.54) is 6.07 Å². The molecule has 1 amide bonds. The van der Waals surface area contributed by atoms with E-state index in [4.69, 9.17) is 9.15 Å². The summed E-state index contributed by atoms with van der Waals surface area (Å²) in [6.07, 6.45) is 0. The van der Waals surface area contributed by atoms with E-state index >= 15 is 0 Å². The molecule has 0 spiro atoms. The Kier molecular flexibility index (Phi) is 4.84. The van der Waals surface area contributed by atoms with Crippen molar-refractivity contribution < 1.29 is 13.9 Å². The fraction of sp³-hybridized carbons (Fsp3) is 0.200. The lowest BCUT2D eigenvalue weighted by atomic mass is 10.1. The Morgan fingerprint density at radius 2 is 1.88 bits per heavy atom. The highest BCUT2D eigenvalue weighted by molar-refractivity contribution is 5.93. The second-order valence-corrected chi connectivity index (χ2v) is 5.67. The maximum Gasteiger partial charge on any atom is 0.287 e.